The quantitative estimate of drug-likeness (QED) is 0.837. The zero-order valence-electron chi connectivity index (χ0n) is 16.1. The molecule has 1 aliphatic rings. The van der Waals surface area contributed by atoms with Crippen molar-refractivity contribution in [3.8, 4) is 5.75 Å². The molecule has 0 radical (unpaired) electrons. The maximum Gasteiger partial charge on any atom is 0.272 e. The molecule has 0 aliphatic carbocycles. The highest BCUT2D eigenvalue weighted by molar-refractivity contribution is 5.97. The van der Waals surface area contributed by atoms with Crippen LogP contribution >= 0.6 is 0 Å². The molecule has 0 saturated carbocycles. The van der Waals surface area contributed by atoms with Gasteiger partial charge in [-0.15, -0.1) is 0 Å². The van der Waals surface area contributed by atoms with E-state index >= 15 is 0 Å². The van der Waals surface area contributed by atoms with Gasteiger partial charge in [-0.2, -0.15) is 0 Å². The Labute approximate surface area is 159 Å². The van der Waals surface area contributed by atoms with E-state index in [0.717, 1.165) is 17.5 Å². The molecule has 1 aromatic heterocycles. The van der Waals surface area contributed by atoms with Crippen LogP contribution in [0.4, 0.5) is 0 Å². The van der Waals surface area contributed by atoms with Crippen molar-refractivity contribution < 1.29 is 14.3 Å². The Hall–Kier alpha value is -2.89. The van der Waals surface area contributed by atoms with E-state index in [9.17, 15) is 9.59 Å². The Morgan fingerprint density at radius 1 is 0.963 bits per heavy atom. The van der Waals surface area contributed by atoms with Gasteiger partial charge in [0.1, 0.15) is 11.4 Å². The van der Waals surface area contributed by atoms with E-state index in [1.54, 1.807) is 41.3 Å². The fourth-order valence-corrected chi connectivity index (χ4v) is 3.27. The molecule has 2 heterocycles. The first-order chi connectivity index (χ1) is 13.0. The zero-order chi connectivity index (χ0) is 19.4. The zero-order valence-corrected chi connectivity index (χ0v) is 16.1. The molecular weight excluding hydrogens is 342 g/mol. The number of pyridine rings is 1. The maximum absolute atomic E-state index is 13.1. The van der Waals surface area contributed by atoms with Gasteiger partial charge in [0.05, 0.1) is 12.7 Å². The highest BCUT2D eigenvalue weighted by Crippen LogP contribution is 2.25. The number of carbonyl (C=O) groups is 2. The fourth-order valence-electron chi connectivity index (χ4n) is 3.27. The molecule has 6 heteroatoms. The van der Waals surface area contributed by atoms with Crippen LogP contribution in [0.15, 0.2) is 36.5 Å². The monoisotopic (exact) mass is 367 g/mol. The summed E-state index contributed by atoms with van der Waals surface area (Å²) in [7, 11) is 1.58. The second-order valence-electron chi connectivity index (χ2n) is 6.79. The Balaban J connectivity index is 1.74. The number of hydrogen-bond donors (Lipinski definition) is 0. The molecule has 0 atom stereocenters. The summed E-state index contributed by atoms with van der Waals surface area (Å²) < 4.78 is 5.42. The van der Waals surface area contributed by atoms with Crippen molar-refractivity contribution in [2.24, 2.45) is 0 Å². The van der Waals surface area contributed by atoms with Gasteiger partial charge in [0.2, 0.25) is 0 Å². The van der Waals surface area contributed by atoms with Crippen LogP contribution in [0, 0.1) is 13.8 Å². The van der Waals surface area contributed by atoms with Gasteiger partial charge in [0.15, 0.2) is 0 Å². The maximum atomic E-state index is 13.1. The summed E-state index contributed by atoms with van der Waals surface area (Å²) >= 11 is 0. The summed E-state index contributed by atoms with van der Waals surface area (Å²) in [5, 5.41) is 0. The second kappa shape index (κ2) is 8.20. The van der Waals surface area contributed by atoms with E-state index in [1.165, 1.54) is 0 Å². The van der Waals surface area contributed by atoms with E-state index in [-0.39, 0.29) is 11.8 Å². The van der Waals surface area contributed by atoms with Crippen molar-refractivity contribution in [2.45, 2.75) is 20.3 Å². The van der Waals surface area contributed by atoms with Gasteiger partial charge in [0, 0.05) is 32.4 Å². The van der Waals surface area contributed by atoms with Crippen molar-refractivity contribution in [3.05, 3.63) is 58.9 Å². The van der Waals surface area contributed by atoms with Gasteiger partial charge in [-0.05, 0) is 55.7 Å². The predicted molar refractivity (Wildman–Crippen MR) is 103 cm³/mol. The van der Waals surface area contributed by atoms with E-state index in [4.69, 9.17) is 4.74 Å². The lowest BCUT2D eigenvalue weighted by atomic mass is 10.0. The number of methoxy groups -OCH3 is 1. The largest absolute Gasteiger partial charge is 0.496 e. The fraction of sp³-hybridized carbons (Fsp3) is 0.381. The number of ether oxygens (including phenoxy) is 1. The van der Waals surface area contributed by atoms with Crippen molar-refractivity contribution in [1.82, 2.24) is 14.8 Å². The van der Waals surface area contributed by atoms with Crippen molar-refractivity contribution in [1.29, 1.82) is 0 Å². The van der Waals surface area contributed by atoms with Crippen LogP contribution in [-0.4, -0.2) is 59.9 Å². The molecule has 3 rings (SSSR count). The summed E-state index contributed by atoms with van der Waals surface area (Å²) in [4.78, 5) is 33.4. The number of nitrogens with zero attached hydrogens (tertiary/aromatic N) is 3. The van der Waals surface area contributed by atoms with Gasteiger partial charge in [-0.1, -0.05) is 6.07 Å². The molecule has 1 aliphatic heterocycles. The summed E-state index contributed by atoms with van der Waals surface area (Å²) in [5.74, 6) is 0.449. The van der Waals surface area contributed by atoms with Crippen LogP contribution in [0.5, 0.6) is 5.75 Å². The number of aromatic nitrogens is 1. The van der Waals surface area contributed by atoms with Crippen LogP contribution < -0.4 is 4.74 Å². The van der Waals surface area contributed by atoms with Crippen LogP contribution in [0.25, 0.3) is 0 Å². The smallest absolute Gasteiger partial charge is 0.272 e. The third-order valence-electron chi connectivity index (χ3n) is 5.00. The summed E-state index contributed by atoms with van der Waals surface area (Å²) in [6.07, 6.45) is 2.35. The predicted octanol–water partition coefficient (Wildman–Crippen LogP) is 2.70. The lowest BCUT2D eigenvalue weighted by Gasteiger charge is -2.23. The lowest BCUT2D eigenvalue weighted by molar-refractivity contribution is 0.0714. The van der Waals surface area contributed by atoms with Crippen molar-refractivity contribution in [2.75, 3.05) is 33.3 Å². The lowest BCUT2D eigenvalue weighted by Crippen LogP contribution is -2.37. The summed E-state index contributed by atoms with van der Waals surface area (Å²) in [5.41, 5.74) is 3.16. The minimum atomic E-state index is -0.0892. The van der Waals surface area contributed by atoms with Gasteiger partial charge in [-0.3, -0.25) is 14.6 Å². The number of carbonyl (C=O) groups excluding carboxylic acids is 2. The van der Waals surface area contributed by atoms with E-state index in [1.807, 2.05) is 26.0 Å². The average molecular weight is 367 g/mol. The minimum absolute atomic E-state index is 0.0536. The number of benzene rings is 1. The standard InChI is InChI=1S/C21H25N3O3/c1-15-13-17(19(27-3)14-16(15)2)20(25)23-9-6-10-24(12-11-23)21(26)18-7-4-5-8-22-18/h4-5,7-8,13-14H,6,9-12H2,1-3H3. The Morgan fingerprint density at radius 2 is 1.63 bits per heavy atom. The van der Waals surface area contributed by atoms with Gasteiger partial charge in [-0.25, -0.2) is 0 Å². The minimum Gasteiger partial charge on any atom is -0.496 e. The molecule has 1 saturated heterocycles. The van der Waals surface area contributed by atoms with Crippen LogP contribution in [0.3, 0.4) is 0 Å². The van der Waals surface area contributed by atoms with E-state index < -0.39 is 0 Å². The number of aryl methyl sites for hydroxylation is 2. The third kappa shape index (κ3) is 4.10. The number of hydrogen-bond acceptors (Lipinski definition) is 4. The molecular formula is C21H25N3O3. The number of rotatable bonds is 3. The van der Waals surface area contributed by atoms with Gasteiger partial charge >= 0.3 is 0 Å². The molecule has 0 N–H and O–H groups in total. The molecule has 0 unspecified atom stereocenters. The topological polar surface area (TPSA) is 62.7 Å². The van der Waals surface area contributed by atoms with E-state index in [0.29, 0.717) is 43.2 Å². The highest BCUT2D eigenvalue weighted by Gasteiger charge is 2.25. The molecule has 27 heavy (non-hydrogen) atoms. The first-order valence-corrected chi connectivity index (χ1v) is 9.16. The van der Waals surface area contributed by atoms with Crippen LogP contribution in [0.1, 0.15) is 38.4 Å². The van der Waals surface area contributed by atoms with E-state index in [2.05, 4.69) is 4.98 Å². The SMILES string of the molecule is COc1cc(C)c(C)cc1C(=O)N1CCCN(C(=O)c2ccccn2)CC1. The Morgan fingerprint density at radius 3 is 2.26 bits per heavy atom. The summed E-state index contributed by atoms with van der Waals surface area (Å²) in [6, 6.07) is 9.10. The molecule has 1 aromatic carbocycles. The molecule has 1 fully saturated rings. The highest BCUT2D eigenvalue weighted by atomic mass is 16.5. The summed E-state index contributed by atoms with van der Waals surface area (Å²) in [6.45, 7) is 6.20. The first kappa shape index (κ1) is 18.9. The molecule has 0 spiro atoms. The molecule has 2 amide bonds. The van der Waals surface area contributed by atoms with Crippen LogP contribution in [0.2, 0.25) is 0 Å². The molecule has 0 bridgehead atoms. The Kier molecular flexibility index (Phi) is 5.74. The first-order valence-electron chi connectivity index (χ1n) is 9.16. The Bertz CT molecular complexity index is 836. The van der Waals surface area contributed by atoms with Crippen molar-refractivity contribution in [3.63, 3.8) is 0 Å². The second-order valence-corrected chi connectivity index (χ2v) is 6.79. The molecule has 142 valence electrons. The van der Waals surface area contributed by atoms with Gasteiger partial charge < -0.3 is 14.5 Å². The normalized spacial score (nSPS) is 14.6. The molecule has 6 nitrogen and oxygen atoms in total. The van der Waals surface area contributed by atoms with Crippen LogP contribution in [-0.2, 0) is 0 Å². The molecule has 2 aromatic rings. The third-order valence-corrected chi connectivity index (χ3v) is 5.00. The number of amides is 2. The van der Waals surface area contributed by atoms with Gasteiger partial charge in [0.25, 0.3) is 11.8 Å². The van der Waals surface area contributed by atoms with Crippen molar-refractivity contribution >= 4 is 11.8 Å². The average Bonchev–Trinajstić information content (AvgIpc) is 2.95.